The van der Waals surface area contributed by atoms with Crippen LogP contribution in [0.1, 0.15) is 12.0 Å². The van der Waals surface area contributed by atoms with Crippen molar-refractivity contribution in [3.05, 3.63) is 36.9 Å². The number of nitrogens with one attached hydrogen (secondary N) is 1. The number of ether oxygens (including phenoxy) is 1. The minimum Gasteiger partial charge on any atom is -0.487 e. The summed E-state index contributed by atoms with van der Waals surface area (Å²) in [5.74, 6) is -0.211. The van der Waals surface area contributed by atoms with Crippen LogP contribution in [0.4, 0.5) is 18.9 Å². The Balaban J connectivity index is 1.99. The average molecular weight is 554 g/mol. The van der Waals surface area contributed by atoms with Gasteiger partial charge in [0.05, 0.1) is 15.7 Å². The second kappa shape index (κ2) is 8.43. The maximum Gasteiger partial charge on any atom is 0.416 e. The molecule has 0 saturated carbocycles. The second-order valence-electron chi connectivity index (χ2n) is 6.40. The highest BCUT2D eigenvalue weighted by Gasteiger charge is 2.33. The van der Waals surface area contributed by atoms with Crippen molar-refractivity contribution in [1.82, 2.24) is 4.90 Å². The minimum atomic E-state index is -4.60. The predicted molar refractivity (Wildman–Crippen MR) is 111 cm³/mol. The molecule has 2 aromatic rings. The number of likely N-dealkylation sites (tertiary alicyclic amines) is 1. The van der Waals surface area contributed by atoms with Crippen LogP contribution in [0, 0.1) is 0 Å². The van der Waals surface area contributed by atoms with Gasteiger partial charge in [0.15, 0.2) is 0 Å². The van der Waals surface area contributed by atoms with Crippen molar-refractivity contribution >= 4 is 66.2 Å². The molecule has 1 fully saturated rings. The summed E-state index contributed by atoms with van der Waals surface area (Å²) in [6.07, 6.45) is -4.36. The molecule has 1 atom stereocenters. The lowest BCUT2D eigenvalue weighted by atomic mass is 10.2. The Morgan fingerprint density at radius 3 is 2.52 bits per heavy atom. The fraction of sp³-hybridized carbons (Fsp3) is 0.375. The summed E-state index contributed by atoms with van der Waals surface area (Å²) in [6.45, 7) is 1.24. The van der Waals surface area contributed by atoms with Gasteiger partial charge in [-0.15, -0.1) is 11.3 Å². The van der Waals surface area contributed by atoms with E-state index in [2.05, 4.69) is 20.7 Å². The maximum atomic E-state index is 13.1. The molecule has 1 aromatic carbocycles. The number of halogens is 6. The number of hydrogen-bond acceptors (Lipinski definition) is 5. The van der Waals surface area contributed by atoms with Crippen LogP contribution in [0.25, 0.3) is 0 Å². The molecule has 160 valence electrons. The Kier molecular flexibility index (Phi) is 6.67. The van der Waals surface area contributed by atoms with Gasteiger partial charge in [0.25, 0.3) is 10.0 Å². The summed E-state index contributed by atoms with van der Waals surface area (Å²) in [4.78, 5) is 1.67. The first-order valence-corrected chi connectivity index (χ1v) is 12.0. The Morgan fingerprint density at radius 1 is 1.31 bits per heavy atom. The smallest absolute Gasteiger partial charge is 0.416 e. The maximum absolute atomic E-state index is 13.1. The first kappa shape index (κ1) is 23.0. The third-order valence-electron chi connectivity index (χ3n) is 4.19. The lowest BCUT2D eigenvalue weighted by Crippen LogP contribution is -2.23. The van der Waals surface area contributed by atoms with Crippen molar-refractivity contribution in [2.75, 3.05) is 24.9 Å². The van der Waals surface area contributed by atoms with Gasteiger partial charge in [0, 0.05) is 13.1 Å². The van der Waals surface area contributed by atoms with E-state index in [4.69, 9.17) is 27.9 Å². The minimum absolute atomic E-state index is 0.0773. The van der Waals surface area contributed by atoms with Crippen molar-refractivity contribution in [2.45, 2.75) is 23.6 Å². The zero-order valence-corrected chi connectivity index (χ0v) is 19.4. The van der Waals surface area contributed by atoms with Crippen LogP contribution >= 0.6 is 50.5 Å². The summed E-state index contributed by atoms with van der Waals surface area (Å²) < 4.78 is 73.2. The van der Waals surface area contributed by atoms with E-state index in [9.17, 15) is 21.6 Å². The van der Waals surface area contributed by atoms with Crippen molar-refractivity contribution in [2.24, 2.45) is 0 Å². The molecule has 29 heavy (non-hydrogen) atoms. The van der Waals surface area contributed by atoms with Crippen LogP contribution in [0.2, 0.25) is 8.67 Å². The van der Waals surface area contributed by atoms with Crippen molar-refractivity contribution < 1.29 is 26.3 Å². The third-order valence-corrected chi connectivity index (χ3v) is 9.02. The topological polar surface area (TPSA) is 58.6 Å². The van der Waals surface area contributed by atoms with Crippen molar-refractivity contribution in [3.63, 3.8) is 0 Å². The molecule has 1 N–H and O–H groups in total. The standard InChI is InChI=1S/C16H14BrCl2F3N2O3S2/c1-24-5-4-9(7-24)27-11-6-8(16(20,21)22)2-3-10(11)23-29(25,26)13-12(17)14(18)28-15(13)19/h2-3,6,9,23H,4-5,7H2,1H3/t9-/m1/s1. The normalized spacial score (nSPS) is 18.2. The van der Waals surface area contributed by atoms with Gasteiger partial charge in [0.2, 0.25) is 0 Å². The SMILES string of the molecule is CN1CC[C@@H](Oc2cc(C(F)(F)F)ccc2NS(=O)(=O)c2c(Cl)sc(Cl)c2Br)C1. The number of sulfonamides is 1. The first-order chi connectivity index (χ1) is 13.4. The molecule has 0 unspecified atom stereocenters. The fourth-order valence-electron chi connectivity index (χ4n) is 2.82. The molecule has 0 bridgehead atoms. The van der Waals surface area contributed by atoms with Gasteiger partial charge in [-0.25, -0.2) is 8.42 Å². The highest BCUT2D eigenvalue weighted by molar-refractivity contribution is 9.10. The largest absolute Gasteiger partial charge is 0.487 e. The number of alkyl halides is 3. The van der Waals surface area contributed by atoms with Crippen LogP contribution in [-0.4, -0.2) is 39.6 Å². The van der Waals surface area contributed by atoms with E-state index in [0.717, 1.165) is 36.1 Å². The van der Waals surface area contributed by atoms with E-state index in [0.29, 0.717) is 13.0 Å². The number of rotatable bonds is 5. The van der Waals surface area contributed by atoms with E-state index >= 15 is 0 Å². The zero-order chi connectivity index (χ0) is 21.6. The Morgan fingerprint density at radius 2 is 2.00 bits per heavy atom. The predicted octanol–water partition coefficient (Wildman–Crippen LogP) is 5.72. The summed E-state index contributed by atoms with van der Waals surface area (Å²) in [7, 11) is -2.38. The lowest BCUT2D eigenvalue weighted by molar-refractivity contribution is -0.137. The number of benzene rings is 1. The molecule has 1 saturated heterocycles. The number of anilines is 1. The van der Waals surface area contributed by atoms with Crippen molar-refractivity contribution in [1.29, 1.82) is 0 Å². The van der Waals surface area contributed by atoms with Gasteiger partial charge in [-0.05, 0) is 47.6 Å². The van der Waals surface area contributed by atoms with Gasteiger partial charge < -0.3 is 9.64 Å². The highest BCUT2D eigenvalue weighted by Crippen LogP contribution is 2.44. The average Bonchev–Trinajstić information content (AvgIpc) is 3.10. The Labute approximate surface area is 187 Å². The molecule has 0 spiro atoms. The summed E-state index contributed by atoms with van der Waals surface area (Å²) in [5, 5.41) is 0. The van der Waals surface area contributed by atoms with Crippen LogP contribution in [0.3, 0.4) is 0 Å². The monoisotopic (exact) mass is 552 g/mol. The first-order valence-electron chi connectivity index (χ1n) is 8.11. The number of likely N-dealkylation sites (N-methyl/N-ethyl adjacent to an activating group) is 1. The van der Waals surface area contributed by atoms with Crippen LogP contribution in [-0.2, 0) is 16.2 Å². The van der Waals surface area contributed by atoms with E-state index in [1.54, 1.807) is 0 Å². The third kappa shape index (κ3) is 5.13. The number of thiophene rings is 1. The molecule has 1 aromatic heterocycles. The molecule has 2 heterocycles. The molecule has 0 amide bonds. The Hall–Kier alpha value is -0.720. The molecular weight excluding hydrogens is 540 g/mol. The quantitative estimate of drug-likeness (QED) is 0.514. The molecule has 0 radical (unpaired) electrons. The second-order valence-corrected chi connectivity index (χ2v) is 11.0. The molecule has 1 aliphatic rings. The van der Waals surface area contributed by atoms with Gasteiger partial charge in [0.1, 0.15) is 25.4 Å². The summed E-state index contributed by atoms with van der Waals surface area (Å²) in [6, 6.07) is 2.58. The van der Waals surface area contributed by atoms with Crippen LogP contribution in [0.5, 0.6) is 5.75 Å². The highest BCUT2D eigenvalue weighted by atomic mass is 79.9. The van der Waals surface area contributed by atoms with Gasteiger partial charge in [-0.3, -0.25) is 4.72 Å². The molecule has 5 nitrogen and oxygen atoms in total. The van der Waals surface area contributed by atoms with Gasteiger partial charge in [-0.1, -0.05) is 23.2 Å². The summed E-state index contributed by atoms with van der Waals surface area (Å²) in [5.41, 5.74) is -1.07. The van der Waals surface area contributed by atoms with E-state index in [1.165, 1.54) is 0 Å². The van der Waals surface area contributed by atoms with Gasteiger partial charge >= 0.3 is 6.18 Å². The molecule has 3 rings (SSSR count). The van der Waals surface area contributed by atoms with Crippen LogP contribution < -0.4 is 9.46 Å². The Bertz CT molecular complexity index is 1030. The number of hydrogen-bond donors (Lipinski definition) is 1. The van der Waals surface area contributed by atoms with Crippen molar-refractivity contribution in [3.8, 4) is 5.75 Å². The van der Waals surface area contributed by atoms with Crippen LogP contribution in [0.15, 0.2) is 27.6 Å². The lowest BCUT2D eigenvalue weighted by Gasteiger charge is -2.19. The summed E-state index contributed by atoms with van der Waals surface area (Å²) >= 11 is 15.8. The van der Waals surface area contributed by atoms with E-state index in [-0.39, 0.29) is 35.6 Å². The molecule has 0 aliphatic carbocycles. The number of nitrogens with zero attached hydrogens (tertiary/aromatic N) is 1. The molecule has 13 heteroatoms. The van der Waals surface area contributed by atoms with Gasteiger partial charge in [-0.2, -0.15) is 13.2 Å². The van der Waals surface area contributed by atoms with E-state index in [1.807, 2.05) is 11.9 Å². The van der Waals surface area contributed by atoms with E-state index < -0.39 is 21.8 Å². The zero-order valence-electron chi connectivity index (χ0n) is 14.7. The molecular formula is C16H14BrCl2F3N2O3S2. The fourth-order valence-corrected chi connectivity index (χ4v) is 7.44. The molecule has 1 aliphatic heterocycles.